The molecule has 0 saturated carbocycles. The van der Waals surface area contributed by atoms with Crippen molar-refractivity contribution in [2.75, 3.05) is 13.2 Å². The van der Waals surface area contributed by atoms with E-state index in [1.54, 1.807) is 0 Å². The van der Waals surface area contributed by atoms with Crippen molar-refractivity contribution in [1.29, 1.82) is 0 Å². The Morgan fingerprint density at radius 3 is 1.53 bits per heavy atom. The second kappa shape index (κ2) is 10.7. The lowest BCUT2D eigenvalue weighted by Gasteiger charge is -2.16. The fourth-order valence-corrected chi connectivity index (χ4v) is 3.75. The molecule has 0 unspecified atom stereocenters. The molecule has 0 aliphatic heterocycles. The molecule has 0 bridgehead atoms. The van der Waals surface area contributed by atoms with E-state index in [9.17, 15) is 0 Å². The summed E-state index contributed by atoms with van der Waals surface area (Å²) in [7, 11) is 0. The Balaban J connectivity index is 1.60. The average Bonchev–Trinajstić information content (AvgIpc) is 2.87. The van der Waals surface area contributed by atoms with Gasteiger partial charge < -0.3 is 9.47 Å². The second-order valence-corrected chi connectivity index (χ2v) is 7.85. The van der Waals surface area contributed by atoms with Crippen LogP contribution in [0.3, 0.4) is 0 Å². The van der Waals surface area contributed by atoms with Gasteiger partial charge in [0, 0.05) is 5.56 Å². The summed E-state index contributed by atoms with van der Waals surface area (Å²) in [6, 6.07) is 34.0. The lowest BCUT2D eigenvalue weighted by molar-refractivity contribution is 0.269. The maximum absolute atomic E-state index is 6.11. The van der Waals surface area contributed by atoms with Crippen LogP contribution in [0.4, 0.5) is 0 Å². The minimum atomic E-state index is 0.672. The number of benzene rings is 4. The van der Waals surface area contributed by atoms with E-state index >= 15 is 0 Å². The number of rotatable bonds is 9. The Bertz CT molecular complexity index is 1110. The molecule has 0 N–H and O–H groups in total. The van der Waals surface area contributed by atoms with Crippen LogP contribution in [0.15, 0.2) is 97.1 Å². The van der Waals surface area contributed by atoms with E-state index in [0.717, 1.165) is 35.5 Å². The summed E-state index contributed by atoms with van der Waals surface area (Å²) < 4.78 is 12.1. The van der Waals surface area contributed by atoms with Crippen molar-refractivity contribution in [3.63, 3.8) is 0 Å². The average molecular weight is 423 g/mol. The van der Waals surface area contributed by atoms with Crippen molar-refractivity contribution in [1.82, 2.24) is 0 Å². The van der Waals surface area contributed by atoms with E-state index in [1.807, 2.05) is 18.2 Å². The van der Waals surface area contributed by atoms with Gasteiger partial charge in [-0.3, -0.25) is 0 Å². The SMILES string of the molecule is CCCOc1cccc(-c2ccc(-c3ccc(-c4ccccc4)cc3)cc2)c1OCCC. The fourth-order valence-electron chi connectivity index (χ4n) is 3.75. The molecule has 32 heavy (non-hydrogen) atoms. The highest BCUT2D eigenvalue weighted by Crippen LogP contribution is 2.39. The second-order valence-electron chi connectivity index (χ2n) is 7.85. The summed E-state index contributed by atoms with van der Waals surface area (Å²) in [5.74, 6) is 1.65. The molecule has 2 heteroatoms. The Morgan fingerprint density at radius 1 is 0.469 bits per heavy atom. The monoisotopic (exact) mass is 422 g/mol. The van der Waals surface area contributed by atoms with Crippen molar-refractivity contribution >= 4 is 0 Å². The minimum absolute atomic E-state index is 0.672. The largest absolute Gasteiger partial charge is 0.490 e. The number of hydrogen-bond acceptors (Lipinski definition) is 2. The smallest absolute Gasteiger partial charge is 0.168 e. The zero-order chi connectivity index (χ0) is 22.2. The molecule has 0 aliphatic rings. The van der Waals surface area contributed by atoms with E-state index in [0.29, 0.717) is 13.2 Å². The van der Waals surface area contributed by atoms with Gasteiger partial charge >= 0.3 is 0 Å². The Labute approximate surface area is 191 Å². The molecule has 0 saturated heterocycles. The first-order valence-corrected chi connectivity index (χ1v) is 11.4. The molecule has 0 amide bonds. The molecule has 0 atom stereocenters. The quantitative estimate of drug-likeness (QED) is 0.270. The van der Waals surface area contributed by atoms with Gasteiger partial charge in [0.25, 0.3) is 0 Å². The van der Waals surface area contributed by atoms with Crippen LogP contribution in [0.2, 0.25) is 0 Å². The molecule has 0 aromatic heterocycles. The van der Waals surface area contributed by atoms with Crippen LogP contribution in [0, 0.1) is 0 Å². The van der Waals surface area contributed by atoms with E-state index < -0.39 is 0 Å². The van der Waals surface area contributed by atoms with Gasteiger partial charge in [-0.1, -0.05) is 105 Å². The van der Waals surface area contributed by atoms with Crippen molar-refractivity contribution in [3.05, 3.63) is 97.1 Å². The first-order chi connectivity index (χ1) is 15.8. The Morgan fingerprint density at radius 2 is 0.969 bits per heavy atom. The van der Waals surface area contributed by atoms with Gasteiger partial charge in [-0.2, -0.15) is 0 Å². The van der Waals surface area contributed by atoms with Gasteiger partial charge in [-0.05, 0) is 46.7 Å². The first-order valence-electron chi connectivity index (χ1n) is 11.4. The summed E-state index contributed by atoms with van der Waals surface area (Å²) in [5, 5.41) is 0. The molecule has 0 heterocycles. The summed E-state index contributed by atoms with van der Waals surface area (Å²) >= 11 is 0. The molecule has 4 aromatic carbocycles. The first kappa shape index (κ1) is 21.7. The molecule has 0 radical (unpaired) electrons. The predicted octanol–water partition coefficient (Wildman–Crippen LogP) is 8.27. The van der Waals surface area contributed by atoms with Crippen LogP contribution in [-0.4, -0.2) is 13.2 Å². The van der Waals surface area contributed by atoms with Gasteiger partial charge in [0.2, 0.25) is 0 Å². The van der Waals surface area contributed by atoms with Crippen LogP contribution < -0.4 is 9.47 Å². The molecule has 4 aromatic rings. The predicted molar refractivity (Wildman–Crippen MR) is 134 cm³/mol. The van der Waals surface area contributed by atoms with Crippen molar-refractivity contribution in [3.8, 4) is 44.9 Å². The van der Waals surface area contributed by atoms with Crippen molar-refractivity contribution < 1.29 is 9.47 Å². The number of para-hydroxylation sites is 1. The maximum Gasteiger partial charge on any atom is 0.168 e. The number of hydrogen-bond donors (Lipinski definition) is 0. The van der Waals surface area contributed by atoms with Crippen LogP contribution >= 0.6 is 0 Å². The summed E-state index contributed by atoms with van der Waals surface area (Å²) in [6.45, 7) is 5.59. The minimum Gasteiger partial charge on any atom is -0.490 e. The van der Waals surface area contributed by atoms with Crippen LogP contribution in [0.25, 0.3) is 33.4 Å². The van der Waals surface area contributed by atoms with Crippen LogP contribution in [0.5, 0.6) is 11.5 Å². The van der Waals surface area contributed by atoms with Crippen molar-refractivity contribution in [2.24, 2.45) is 0 Å². The highest BCUT2D eigenvalue weighted by Gasteiger charge is 2.13. The fraction of sp³-hybridized carbons (Fsp3) is 0.200. The van der Waals surface area contributed by atoms with Gasteiger partial charge in [0.05, 0.1) is 13.2 Å². The summed E-state index contributed by atoms with van der Waals surface area (Å²) in [4.78, 5) is 0. The molecule has 162 valence electrons. The van der Waals surface area contributed by atoms with Crippen molar-refractivity contribution in [2.45, 2.75) is 26.7 Å². The van der Waals surface area contributed by atoms with Crippen LogP contribution in [-0.2, 0) is 0 Å². The third kappa shape index (κ3) is 5.03. The standard InChI is InChI=1S/C30H30O2/c1-3-21-31-29-12-8-11-28(30(29)32-22-4-2)27-19-17-26(18-20-27)25-15-13-24(14-16-25)23-9-6-5-7-10-23/h5-20H,3-4,21-22H2,1-2H3. The highest BCUT2D eigenvalue weighted by atomic mass is 16.5. The summed E-state index contributed by atoms with van der Waals surface area (Å²) in [5.41, 5.74) is 7.06. The zero-order valence-electron chi connectivity index (χ0n) is 18.9. The Kier molecular flexibility index (Phi) is 7.24. The Hall–Kier alpha value is -3.52. The third-order valence-electron chi connectivity index (χ3n) is 5.41. The number of ether oxygens (including phenoxy) is 2. The lowest BCUT2D eigenvalue weighted by Crippen LogP contribution is -2.02. The van der Waals surface area contributed by atoms with Gasteiger partial charge in [0.15, 0.2) is 11.5 Å². The molecular formula is C30H30O2. The zero-order valence-corrected chi connectivity index (χ0v) is 18.9. The van der Waals surface area contributed by atoms with Gasteiger partial charge in [0.1, 0.15) is 0 Å². The molecule has 0 spiro atoms. The van der Waals surface area contributed by atoms with E-state index in [4.69, 9.17) is 9.47 Å². The molecule has 0 fully saturated rings. The molecular weight excluding hydrogens is 392 g/mol. The third-order valence-corrected chi connectivity index (χ3v) is 5.41. The van der Waals surface area contributed by atoms with Crippen LogP contribution in [0.1, 0.15) is 26.7 Å². The molecule has 4 rings (SSSR count). The lowest BCUT2D eigenvalue weighted by atomic mass is 9.97. The van der Waals surface area contributed by atoms with Gasteiger partial charge in [-0.25, -0.2) is 0 Å². The maximum atomic E-state index is 6.11. The normalized spacial score (nSPS) is 10.7. The summed E-state index contributed by atoms with van der Waals surface area (Å²) in [6.07, 6.45) is 1.93. The topological polar surface area (TPSA) is 18.5 Å². The highest BCUT2D eigenvalue weighted by molar-refractivity contribution is 5.77. The molecule has 2 nitrogen and oxygen atoms in total. The molecule has 0 aliphatic carbocycles. The van der Waals surface area contributed by atoms with Gasteiger partial charge in [-0.15, -0.1) is 0 Å². The van der Waals surface area contributed by atoms with E-state index in [1.165, 1.54) is 22.3 Å². The van der Waals surface area contributed by atoms with E-state index in [2.05, 4.69) is 92.7 Å². The van der Waals surface area contributed by atoms with E-state index in [-0.39, 0.29) is 0 Å².